The van der Waals surface area contributed by atoms with Gasteiger partial charge in [-0.15, -0.1) is 0 Å². The van der Waals surface area contributed by atoms with Gasteiger partial charge in [0.05, 0.1) is 5.69 Å². The van der Waals surface area contributed by atoms with Crippen LogP contribution in [0.3, 0.4) is 0 Å². The van der Waals surface area contributed by atoms with Crippen LogP contribution in [0.2, 0.25) is 0 Å². The quantitative estimate of drug-likeness (QED) is 0.157. The molecule has 0 bridgehead atoms. The van der Waals surface area contributed by atoms with Gasteiger partial charge in [0.1, 0.15) is 11.2 Å². The van der Waals surface area contributed by atoms with Gasteiger partial charge < -0.3 is 9.32 Å². The molecule has 12 aromatic rings. The summed E-state index contributed by atoms with van der Waals surface area (Å²) in [6.45, 7) is 0. The van der Waals surface area contributed by atoms with E-state index in [1.807, 2.05) is 0 Å². The van der Waals surface area contributed by atoms with E-state index < -0.39 is 0 Å². The molecule has 0 amide bonds. The molecule has 0 spiro atoms. The van der Waals surface area contributed by atoms with Crippen molar-refractivity contribution in [3.63, 3.8) is 0 Å². The number of hydrogen-bond acceptors (Lipinski definition) is 2. The molecule has 0 radical (unpaired) electrons. The molecule has 0 aliphatic carbocycles. The van der Waals surface area contributed by atoms with E-state index in [-0.39, 0.29) is 0 Å². The number of fused-ring (bicyclic) bond motifs is 10. The van der Waals surface area contributed by atoms with Gasteiger partial charge in [-0.2, -0.15) is 0 Å². The van der Waals surface area contributed by atoms with Crippen molar-refractivity contribution in [1.82, 2.24) is 0 Å². The van der Waals surface area contributed by atoms with Crippen LogP contribution < -0.4 is 4.90 Å². The third-order valence-electron chi connectivity index (χ3n) is 12.2. The standard InChI is InChI=1S/C58H37NO/c1-3-13-38(14-4-1)40-25-29-45(30-26-40)59(46-31-27-42-35-41(23-24-43(42)36-46)39-15-5-2-6-16-39)54-33-34-56-58(52-21-11-12-22-55(52)60-56)57(54)44-28-32-51-49-19-8-7-17-47(49)48-18-9-10-20-50(48)53(51)37-44/h1-37H. The summed E-state index contributed by atoms with van der Waals surface area (Å²) in [5.41, 5.74) is 12.0. The van der Waals surface area contributed by atoms with Gasteiger partial charge in [0.25, 0.3) is 0 Å². The Balaban J connectivity index is 1.13. The molecule has 0 saturated heterocycles. The van der Waals surface area contributed by atoms with Crippen LogP contribution in [-0.2, 0) is 0 Å². The minimum Gasteiger partial charge on any atom is -0.456 e. The van der Waals surface area contributed by atoms with Crippen LogP contribution in [0.1, 0.15) is 0 Å². The van der Waals surface area contributed by atoms with Crippen molar-refractivity contribution < 1.29 is 4.42 Å². The van der Waals surface area contributed by atoms with Crippen molar-refractivity contribution >= 4 is 82.1 Å². The van der Waals surface area contributed by atoms with Gasteiger partial charge in [-0.1, -0.05) is 170 Å². The van der Waals surface area contributed by atoms with Crippen LogP contribution in [0.4, 0.5) is 17.1 Å². The molecule has 2 nitrogen and oxygen atoms in total. The predicted octanol–water partition coefficient (Wildman–Crippen LogP) is 16.7. The largest absolute Gasteiger partial charge is 0.456 e. The molecular weight excluding hydrogens is 727 g/mol. The maximum Gasteiger partial charge on any atom is 0.136 e. The Morgan fingerprint density at radius 3 is 1.48 bits per heavy atom. The fourth-order valence-corrected chi connectivity index (χ4v) is 9.39. The molecule has 0 unspecified atom stereocenters. The zero-order valence-corrected chi connectivity index (χ0v) is 32.7. The SMILES string of the molecule is c1ccc(-c2ccc(N(c3ccc4cc(-c5ccccc5)ccc4c3)c3ccc4oc5ccccc5c4c3-c3ccc4c5ccccc5c5ccccc5c4c3)cc2)cc1. The summed E-state index contributed by atoms with van der Waals surface area (Å²) in [4.78, 5) is 2.43. The molecule has 60 heavy (non-hydrogen) atoms. The normalized spacial score (nSPS) is 11.7. The molecular formula is C58H37NO. The van der Waals surface area contributed by atoms with E-state index >= 15 is 0 Å². The number of para-hydroxylation sites is 1. The van der Waals surface area contributed by atoms with E-state index in [0.29, 0.717) is 0 Å². The molecule has 1 aromatic heterocycles. The van der Waals surface area contributed by atoms with Crippen molar-refractivity contribution in [3.05, 3.63) is 224 Å². The summed E-state index contributed by atoms with van der Waals surface area (Å²) < 4.78 is 6.63. The monoisotopic (exact) mass is 763 g/mol. The number of anilines is 3. The zero-order chi connectivity index (χ0) is 39.6. The van der Waals surface area contributed by atoms with Crippen molar-refractivity contribution in [2.24, 2.45) is 0 Å². The van der Waals surface area contributed by atoms with E-state index in [2.05, 4.69) is 229 Å². The fourth-order valence-electron chi connectivity index (χ4n) is 9.39. The van der Waals surface area contributed by atoms with Gasteiger partial charge in [0, 0.05) is 27.7 Å². The topological polar surface area (TPSA) is 16.4 Å². The van der Waals surface area contributed by atoms with Crippen molar-refractivity contribution in [3.8, 4) is 33.4 Å². The van der Waals surface area contributed by atoms with Gasteiger partial charge in [-0.05, 0) is 126 Å². The third-order valence-corrected chi connectivity index (χ3v) is 12.2. The Morgan fingerprint density at radius 1 is 0.283 bits per heavy atom. The van der Waals surface area contributed by atoms with Gasteiger partial charge in [-0.25, -0.2) is 0 Å². The first-order valence-corrected chi connectivity index (χ1v) is 20.6. The maximum absolute atomic E-state index is 6.63. The molecule has 0 saturated carbocycles. The van der Waals surface area contributed by atoms with E-state index in [1.54, 1.807) is 0 Å². The van der Waals surface area contributed by atoms with Gasteiger partial charge in [0.15, 0.2) is 0 Å². The lowest BCUT2D eigenvalue weighted by molar-refractivity contribution is 0.669. The van der Waals surface area contributed by atoms with Crippen LogP contribution in [0.25, 0.3) is 98.4 Å². The summed E-state index contributed by atoms with van der Waals surface area (Å²) in [6, 6.07) is 81.3. The highest BCUT2D eigenvalue weighted by Crippen LogP contribution is 2.49. The molecule has 0 atom stereocenters. The first-order chi connectivity index (χ1) is 29.7. The van der Waals surface area contributed by atoms with Crippen molar-refractivity contribution in [2.45, 2.75) is 0 Å². The van der Waals surface area contributed by atoms with E-state index in [9.17, 15) is 0 Å². The highest BCUT2D eigenvalue weighted by atomic mass is 16.3. The molecule has 0 fully saturated rings. The average Bonchev–Trinajstić information content (AvgIpc) is 3.71. The second-order valence-corrected chi connectivity index (χ2v) is 15.6. The highest BCUT2D eigenvalue weighted by molar-refractivity contribution is 6.26. The minimum atomic E-state index is 0.866. The second-order valence-electron chi connectivity index (χ2n) is 15.6. The Bertz CT molecular complexity index is 3550. The second kappa shape index (κ2) is 13.9. The molecule has 0 aliphatic rings. The summed E-state index contributed by atoms with van der Waals surface area (Å²) >= 11 is 0. The maximum atomic E-state index is 6.63. The summed E-state index contributed by atoms with van der Waals surface area (Å²) in [6.07, 6.45) is 0. The molecule has 280 valence electrons. The number of benzene rings is 11. The lowest BCUT2D eigenvalue weighted by Gasteiger charge is -2.29. The molecule has 12 rings (SSSR count). The summed E-state index contributed by atoms with van der Waals surface area (Å²) in [5, 5.41) is 12.1. The highest BCUT2D eigenvalue weighted by Gasteiger charge is 2.24. The molecule has 2 heteroatoms. The first kappa shape index (κ1) is 34.1. The number of nitrogens with zero attached hydrogens (tertiary/aromatic N) is 1. The third kappa shape index (κ3) is 5.57. The lowest BCUT2D eigenvalue weighted by atomic mass is 9.90. The summed E-state index contributed by atoms with van der Waals surface area (Å²) in [5.74, 6) is 0. The molecule has 0 N–H and O–H groups in total. The van der Waals surface area contributed by atoms with Crippen LogP contribution >= 0.6 is 0 Å². The van der Waals surface area contributed by atoms with Crippen molar-refractivity contribution in [1.29, 1.82) is 0 Å². The smallest absolute Gasteiger partial charge is 0.136 e. The summed E-state index contributed by atoms with van der Waals surface area (Å²) in [7, 11) is 0. The van der Waals surface area contributed by atoms with Gasteiger partial charge >= 0.3 is 0 Å². The number of rotatable bonds is 6. The Morgan fingerprint density at radius 2 is 0.783 bits per heavy atom. The Labute approximate surface area is 347 Å². The Hall–Kier alpha value is -7.94. The van der Waals surface area contributed by atoms with Crippen molar-refractivity contribution in [2.75, 3.05) is 4.90 Å². The number of hydrogen-bond donors (Lipinski definition) is 0. The minimum absolute atomic E-state index is 0.866. The first-order valence-electron chi connectivity index (χ1n) is 20.6. The van der Waals surface area contributed by atoms with Crippen LogP contribution in [0.15, 0.2) is 229 Å². The molecule has 0 aliphatic heterocycles. The van der Waals surface area contributed by atoms with Crippen LogP contribution in [0, 0.1) is 0 Å². The lowest BCUT2D eigenvalue weighted by Crippen LogP contribution is -2.11. The van der Waals surface area contributed by atoms with Crippen LogP contribution in [0.5, 0.6) is 0 Å². The average molecular weight is 764 g/mol. The fraction of sp³-hybridized carbons (Fsp3) is 0. The van der Waals surface area contributed by atoms with E-state index in [4.69, 9.17) is 4.42 Å². The van der Waals surface area contributed by atoms with Crippen LogP contribution in [-0.4, -0.2) is 0 Å². The molecule has 1 heterocycles. The van der Waals surface area contributed by atoms with Gasteiger partial charge in [-0.3, -0.25) is 0 Å². The molecule has 11 aromatic carbocycles. The predicted molar refractivity (Wildman–Crippen MR) is 255 cm³/mol. The van der Waals surface area contributed by atoms with E-state index in [0.717, 1.165) is 50.1 Å². The number of furan rings is 1. The Kier molecular flexibility index (Phi) is 7.89. The zero-order valence-electron chi connectivity index (χ0n) is 32.7. The van der Waals surface area contributed by atoms with Gasteiger partial charge in [0.2, 0.25) is 0 Å². The van der Waals surface area contributed by atoms with E-state index in [1.165, 1.54) is 65.3 Å².